The van der Waals surface area contributed by atoms with E-state index in [0.717, 1.165) is 36.4 Å². The monoisotopic (exact) mass is 576 g/mol. The molecule has 0 amide bonds. The Balaban J connectivity index is 1.72. The lowest BCUT2D eigenvalue weighted by molar-refractivity contribution is -0.668. The Labute approximate surface area is 219 Å². The summed E-state index contributed by atoms with van der Waals surface area (Å²) >= 11 is 9.35. The molecular weight excluding hydrogens is 552 g/mol. The van der Waals surface area contributed by atoms with Crippen molar-refractivity contribution in [2.75, 3.05) is 23.0 Å². The highest BCUT2D eigenvalue weighted by Gasteiger charge is 2.28. The van der Waals surface area contributed by atoms with Gasteiger partial charge in [-0.25, -0.2) is 8.42 Å². The second-order valence-corrected chi connectivity index (χ2v) is 14.0. The zero-order valence-electron chi connectivity index (χ0n) is 18.8. The molecule has 0 atom stereocenters. The highest BCUT2D eigenvalue weighted by Crippen LogP contribution is 2.47. The maximum absolute atomic E-state index is 11.2. The molecule has 0 aliphatic carbocycles. The number of anilines is 1. The van der Waals surface area contributed by atoms with Crippen molar-refractivity contribution in [3.63, 3.8) is 0 Å². The summed E-state index contributed by atoms with van der Waals surface area (Å²) in [5.74, 6) is -0.569. The van der Waals surface area contributed by atoms with Crippen LogP contribution in [-0.4, -0.2) is 44.7 Å². The fourth-order valence-electron chi connectivity index (χ4n) is 3.88. The van der Waals surface area contributed by atoms with Crippen LogP contribution in [0.15, 0.2) is 46.3 Å². The molecule has 0 bridgehead atoms. The number of benzene rings is 2. The first-order valence-corrected chi connectivity index (χ1v) is 16.0. The molecule has 0 spiro atoms. The first kappa shape index (κ1) is 26.7. The molecule has 0 saturated carbocycles. The standard InChI is InChI=1S/C22H25ClN2O6S4/c1-15-4-6-19-17(12-15)24(8-2-10-34(26,27)28)21(32-19)14-22-25(9-3-11-35(29,30)31)18-13-16(23)5-7-20(18)33-22/h4-7,12-14H,2-3,8-11H2,1H3,(H3-,26,27,28,29,30,31). The number of rotatable bonds is 9. The normalized spacial score (nSPS) is 15.8. The van der Waals surface area contributed by atoms with Crippen molar-refractivity contribution in [2.45, 2.75) is 31.2 Å². The van der Waals surface area contributed by atoms with E-state index in [1.54, 1.807) is 17.8 Å². The van der Waals surface area contributed by atoms with Crippen LogP contribution in [0.4, 0.5) is 5.69 Å². The van der Waals surface area contributed by atoms with Crippen molar-refractivity contribution in [1.29, 1.82) is 0 Å². The SMILES string of the molecule is Cc1ccc2c(c1)N(CCCS(O)(O)O)C(=Cc1sc3ccc(Cl)cc3[n+]1CCCS(=O)(=O)[O-])S2. The van der Waals surface area contributed by atoms with E-state index in [2.05, 4.69) is 11.0 Å². The summed E-state index contributed by atoms with van der Waals surface area (Å²) in [5.41, 5.74) is 2.95. The van der Waals surface area contributed by atoms with Gasteiger partial charge in [0.25, 0.3) is 5.01 Å². The van der Waals surface area contributed by atoms with E-state index in [-0.39, 0.29) is 12.2 Å². The summed E-state index contributed by atoms with van der Waals surface area (Å²) in [7, 11) is -7.89. The van der Waals surface area contributed by atoms with Gasteiger partial charge in [0.15, 0.2) is 6.54 Å². The molecule has 8 nitrogen and oxygen atoms in total. The summed E-state index contributed by atoms with van der Waals surface area (Å²) in [4.78, 5) is 3.15. The topological polar surface area (TPSA) is 125 Å². The van der Waals surface area contributed by atoms with Gasteiger partial charge in [-0.3, -0.25) is 0 Å². The van der Waals surface area contributed by atoms with Crippen LogP contribution in [0, 0.1) is 6.92 Å². The van der Waals surface area contributed by atoms with Gasteiger partial charge in [-0.1, -0.05) is 40.8 Å². The van der Waals surface area contributed by atoms with Crippen molar-refractivity contribution in [3.05, 3.63) is 57.0 Å². The molecule has 2 heterocycles. The number of halogens is 1. The Hall–Kier alpha value is -1.35. The van der Waals surface area contributed by atoms with E-state index in [1.165, 1.54) is 11.3 Å². The molecule has 4 rings (SSSR count). The molecule has 35 heavy (non-hydrogen) atoms. The Morgan fingerprint density at radius 2 is 1.89 bits per heavy atom. The molecule has 1 aliphatic rings. The van der Waals surface area contributed by atoms with Crippen LogP contribution in [0.5, 0.6) is 0 Å². The van der Waals surface area contributed by atoms with Crippen molar-refractivity contribution in [1.82, 2.24) is 0 Å². The van der Waals surface area contributed by atoms with E-state index in [9.17, 15) is 26.6 Å². The lowest BCUT2D eigenvalue weighted by Crippen LogP contribution is -2.36. The van der Waals surface area contributed by atoms with Gasteiger partial charge >= 0.3 is 0 Å². The maximum Gasteiger partial charge on any atom is 0.265 e. The predicted octanol–water partition coefficient (Wildman–Crippen LogP) is 5.61. The predicted molar refractivity (Wildman–Crippen MR) is 144 cm³/mol. The second-order valence-electron chi connectivity index (χ2n) is 8.22. The number of hydrogen-bond donors (Lipinski definition) is 3. The highest BCUT2D eigenvalue weighted by molar-refractivity contribution is 8.19. The average molecular weight is 577 g/mol. The van der Waals surface area contributed by atoms with Crippen molar-refractivity contribution < 1.29 is 31.2 Å². The van der Waals surface area contributed by atoms with E-state index < -0.39 is 26.7 Å². The molecule has 13 heteroatoms. The zero-order valence-corrected chi connectivity index (χ0v) is 22.8. The molecule has 0 radical (unpaired) electrons. The first-order valence-electron chi connectivity index (χ1n) is 10.7. The number of aryl methyl sites for hydroxylation is 2. The molecule has 2 aromatic carbocycles. The van der Waals surface area contributed by atoms with Crippen LogP contribution < -0.4 is 9.47 Å². The highest BCUT2D eigenvalue weighted by atomic mass is 35.5. The van der Waals surface area contributed by atoms with Crippen LogP contribution in [0.1, 0.15) is 23.4 Å². The molecule has 1 aromatic heterocycles. The number of thioether (sulfide) groups is 1. The van der Waals surface area contributed by atoms with Gasteiger partial charge in [0.1, 0.15) is 4.70 Å². The van der Waals surface area contributed by atoms with Gasteiger partial charge in [0.2, 0.25) is 5.52 Å². The van der Waals surface area contributed by atoms with Gasteiger partial charge in [-0.15, -0.1) is 0 Å². The molecule has 0 unspecified atom stereocenters. The van der Waals surface area contributed by atoms with Crippen molar-refractivity contribution >= 4 is 77.7 Å². The maximum atomic E-state index is 11.2. The minimum atomic E-state index is -4.32. The van der Waals surface area contributed by atoms with E-state index in [1.807, 2.05) is 41.8 Å². The van der Waals surface area contributed by atoms with Crippen molar-refractivity contribution in [2.24, 2.45) is 0 Å². The number of fused-ring (bicyclic) bond motifs is 2. The largest absolute Gasteiger partial charge is 0.748 e. The Bertz CT molecular complexity index is 1380. The third-order valence-corrected chi connectivity index (χ3v) is 9.49. The molecule has 0 saturated heterocycles. The fourth-order valence-corrected chi connectivity index (χ4v) is 7.33. The third kappa shape index (κ3) is 6.90. The Morgan fingerprint density at radius 1 is 1.11 bits per heavy atom. The zero-order chi connectivity index (χ0) is 25.4. The van der Waals surface area contributed by atoms with Gasteiger partial charge in [-0.05, 0) is 43.2 Å². The van der Waals surface area contributed by atoms with E-state index in [4.69, 9.17) is 11.6 Å². The number of hydrogen-bond acceptors (Lipinski definition) is 9. The minimum Gasteiger partial charge on any atom is -0.748 e. The fraction of sp³-hybridized carbons (Fsp3) is 0.318. The van der Waals surface area contributed by atoms with Crippen LogP contribution in [-0.2, 0) is 16.7 Å². The average Bonchev–Trinajstić information content (AvgIpc) is 3.24. The molecule has 0 fully saturated rings. The Kier molecular flexibility index (Phi) is 8.06. The lowest BCUT2D eigenvalue weighted by Gasteiger charge is -2.23. The van der Waals surface area contributed by atoms with Gasteiger partial charge < -0.3 is 23.1 Å². The number of aromatic nitrogens is 1. The molecule has 190 valence electrons. The molecule has 1 aliphatic heterocycles. The van der Waals surface area contributed by atoms with Crippen LogP contribution >= 0.6 is 45.6 Å². The molecule has 3 N–H and O–H groups in total. The summed E-state index contributed by atoms with van der Waals surface area (Å²) in [6.45, 7) is 2.81. The smallest absolute Gasteiger partial charge is 0.265 e. The minimum absolute atomic E-state index is 0.117. The van der Waals surface area contributed by atoms with Crippen LogP contribution in [0.3, 0.4) is 0 Å². The van der Waals surface area contributed by atoms with Crippen LogP contribution in [0.25, 0.3) is 16.3 Å². The summed E-state index contributed by atoms with van der Waals surface area (Å²) in [6.07, 6.45) is 2.56. The quantitative estimate of drug-likeness (QED) is 0.222. The molecular formula is C22H25ClN2O6S4. The van der Waals surface area contributed by atoms with E-state index >= 15 is 0 Å². The number of thiazole rings is 1. The van der Waals surface area contributed by atoms with Gasteiger partial charge in [0, 0.05) is 40.5 Å². The second kappa shape index (κ2) is 10.6. The lowest BCUT2D eigenvalue weighted by atomic mass is 10.2. The summed E-state index contributed by atoms with van der Waals surface area (Å²) in [5, 5.41) is 2.35. The Morgan fingerprint density at radius 3 is 2.60 bits per heavy atom. The van der Waals surface area contributed by atoms with Gasteiger partial charge in [0.05, 0.1) is 37.8 Å². The summed E-state index contributed by atoms with van der Waals surface area (Å²) < 4.78 is 64.6. The third-order valence-electron chi connectivity index (χ3n) is 5.40. The summed E-state index contributed by atoms with van der Waals surface area (Å²) in [6, 6.07) is 11.7. The van der Waals surface area contributed by atoms with Crippen LogP contribution in [0.2, 0.25) is 5.02 Å². The molecule has 3 aromatic rings. The van der Waals surface area contributed by atoms with Gasteiger partial charge in [-0.2, -0.15) is 4.57 Å². The van der Waals surface area contributed by atoms with Crippen molar-refractivity contribution in [3.8, 4) is 0 Å². The first-order chi connectivity index (χ1) is 16.4. The van der Waals surface area contributed by atoms with E-state index in [0.29, 0.717) is 24.5 Å². The number of nitrogens with zero attached hydrogens (tertiary/aromatic N) is 2.